The van der Waals surface area contributed by atoms with Crippen LogP contribution in [-0.2, 0) is 0 Å². The predicted octanol–water partition coefficient (Wildman–Crippen LogP) is 4.91. The Labute approximate surface area is 181 Å². The van der Waals surface area contributed by atoms with Crippen LogP contribution in [0, 0.1) is 17.1 Å². The van der Waals surface area contributed by atoms with Gasteiger partial charge < -0.3 is 15.8 Å². The van der Waals surface area contributed by atoms with Crippen molar-refractivity contribution in [2.75, 3.05) is 19.4 Å². The smallest absolute Gasteiger partial charge is 0.405 e. The number of amides is 1. The van der Waals surface area contributed by atoms with Gasteiger partial charge in [0.1, 0.15) is 24.2 Å². The van der Waals surface area contributed by atoms with Crippen molar-refractivity contribution in [2.24, 2.45) is 0 Å². The molecule has 0 aliphatic carbocycles. The molecule has 164 valence electrons. The van der Waals surface area contributed by atoms with E-state index in [0.717, 1.165) is 0 Å². The van der Waals surface area contributed by atoms with Crippen molar-refractivity contribution >= 4 is 11.6 Å². The van der Waals surface area contributed by atoms with Gasteiger partial charge in [-0.15, -0.1) is 0 Å². The summed E-state index contributed by atoms with van der Waals surface area (Å²) in [5.74, 6) is -1.75. The summed E-state index contributed by atoms with van der Waals surface area (Å²) in [5.41, 5.74) is 7.68. The number of alkyl halides is 3. The number of benzene rings is 3. The van der Waals surface area contributed by atoms with Crippen molar-refractivity contribution < 1.29 is 27.1 Å². The van der Waals surface area contributed by atoms with Crippen molar-refractivity contribution in [2.45, 2.75) is 6.18 Å². The lowest BCUT2D eigenvalue weighted by Crippen LogP contribution is -2.33. The lowest BCUT2D eigenvalue weighted by atomic mass is 9.89. The molecular weight excluding hydrogens is 426 g/mol. The van der Waals surface area contributed by atoms with E-state index < -0.39 is 24.4 Å². The standard InChI is InChI=1S/C23H17F4N3O2/c1-32-20-10-14(4-7-17(20)22(31)30-12-23(25,26)27)21-16(8-9-19(24)18(21)11-28)13-2-5-15(29)6-3-13/h2-10H,12,29H2,1H3,(H,30,31). The molecule has 1 amide bonds. The van der Waals surface area contributed by atoms with Crippen LogP contribution in [-0.4, -0.2) is 25.7 Å². The van der Waals surface area contributed by atoms with Crippen LogP contribution in [0.25, 0.3) is 22.3 Å². The Kier molecular flexibility index (Phi) is 6.35. The van der Waals surface area contributed by atoms with Crippen LogP contribution < -0.4 is 15.8 Å². The number of nitrogens with two attached hydrogens (primary N) is 1. The fraction of sp³-hybridized carbons (Fsp3) is 0.130. The Bertz CT molecular complexity index is 1200. The highest BCUT2D eigenvalue weighted by Crippen LogP contribution is 2.38. The van der Waals surface area contributed by atoms with Crippen molar-refractivity contribution in [3.63, 3.8) is 0 Å². The first-order valence-corrected chi connectivity index (χ1v) is 9.26. The number of rotatable bonds is 5. The molecule has 0 fully saturated rings. The van der Waals surface area contributed by atoms with E-state index in [1.54, 1.807) is 29.6 Å². The number of methoxy groups -OCH3 is 1. The zero-order valence-electron chi connectivity index (χ0n) is 16.8. The second-order valence-electron chi connectivity index (χ2n) is 6.79. The van der Waals surface area contributed by atoms with Gasteiger partial charge in [-0.3, -0.25) is 4.79 Å². The second kappa shape index (κ2) is 8.98. The van der Waals surface area contributed by atoms with Crippen LogP contribution in [0.2, 0.25) is 0 Å². The van der Waals surface area contributed by atoms with Gasteiger partial charge >= 0.3 is 6.18 Å². The van der Waals surface area contributed by atoms with E-state index >= 15 is 0 Å². The molecule has 3 aromatic carbocycles. The van der Waals surface area contributed by atoms with Crippen LogP contribution in [0.5, 0.6) is 5.75 Å². The Morgan fingerprint density at radius 3 is 2.34 bits per heavy atom. The second-order valence-corrected chi connectivity index (χ2v) is 6.79. The number of halogens is 4. The Hall–Kier alpha value is -4.06. The number of nitrogens with one attached hydrogen (secondary N) is 1. The molecule has 9 heteroatoms. The van der Waals surface area contributed by atoms with Gasteiger partial charge in [0.05, 0.1) is 18.2 Å². The summed E-state index contributed by atoms with van der Waals surface area (Å²) in [6.45, 7) is -1.50. The van der Waals surface area contributed by atoms with E-state index in [2.05, 4.69) is 0 Å². The van der Waals surface area contributed by atoms with Crippen LogP contribution in [0.3, 0.4) is 0 Å². The summed E-state index contributed by atoms with van der Waals surface area (Å²) >= 11 is 0. The molecule has 0 aromatic heterocycles. The zero-order chi connectivity index (χ0) is 23.5. The molecule has 0 radical (unpaired) electrons. The number of nitriles is 1. The number of nitrogen functional groups attached to an aromatic ring is 1. The van der Waals surface area contributed by atoms with Crippen molar-refractivity contribution in [1.82, 2.24) is 5.32 Å². The molecule has 0 aliphatic rings. The maximum absolute atomic E-state index is 14.5. The van der Waals surface area contributed by atoms with E-state index in [0.29, 0.717) is 22.4 Å². The highest BCUT2D eigenvalue weighted by molar-refractivity contribution is 5.98. The number of ether oxygens (including phenoxy) is 1. The van der Waals surface area contributed by atoms with Gasteiger partial charge in [0.25, 0.3) is 5.91 Å². The summed E-state index contributed by atoms with van der Waals surface area (Å²) in [5, 5.41) is 11.4. The van der Waals surface area contributed by atoms with Gasteiger partial charge in [0, 0.05) is 11.3 Å². The average molecular weight is 443 g/mol. The normalized spacial score (nSPS) is 11.0. The number of hydrogen-bond acceptors (Lipinski definition) is 4. The Balaban J connectivity index is 2.13. The van der Waals surface area contributed by atoms with Gasteiger partial charge in [-0.05, 0) is 47.0 Å². The first-order valence-electron chi connectivity index (χ1n) is 9.26. The lowest BCUT2D eigenvalue weighted by molar-refractivity contribution is -0.123. The molecule has 0 aliphatic heterocycles. The third kappa shape index (κ3) is 4.81. The van der Waals surface area contributed by atoms with Crippen LogP contribution >= 0.6 is 0 Å². The molecule has 32 heavy (non-hydrogen) atoms. The Morgan fingerprint density at radius 1 is 1.09 bits per heavy atom. The first-order chi connectivity index (χ1) is 15.1. The number of anilines is 1. The molecule has 0 saturated heterocycles. The summed E-state index contributed by atoms with van der Waals surface area (Å²) in [6.07, 6.45) is -4.57. The molecule has 5 nitrogen and oxygen atoms in total. The minimum atomic E-state index is -4.57. The molecule has 0 spiro atoms. The molecule has 0 bridgehead atoms. The minimum absolute atomic E-state index is 0.0291. The van der Waals surface area contributed by atoms with Gasteiger partial charge in [0.2, 0.25) is 0 Å². The van der Waals surface area contributed by atoms with E-state index in [-0.39, 0.29) is 22.4 Å². The van der Waals surface area contributed by atoms with Gasteiger partial charge in [-0.2, -0.15) is 18.4 Å². The fourth-order valence-corrected chi connectivity index (χ4v) is 3.20. The summed E-state index contributed by atoms with van der Waals surface area (Å²) in [6, 6.07) is 15.3. The number of carbonyl (C=O) groups is 1. The van der Waals surface area contributed by atoms with Gasteiger partial charge in [-0.25, -0.2) is 4.39 Å². The summed E-state index contributed by atoms with van der Waals surface area (Å²) < 4.78 is 56.9. The van der Waals surface area contributed by atoms with Crippen LogP contribution in [0.15, 0.2) is 54.6 Å². The zero-order valence-corrected chi connectivity index (χ0v) is 16.8. The molecule has 3 rings (SSSR count). The van der Waals surface area contributed by atoms with E-state index in [4.69, 9.17) is 10.5 Å². The third-order valence-corrected chi connectivity index (χ3v) is 4.67. The highest BCUT2D eigenvalue weighted by Gasteiger charge is 2.28. The quantitative estimate of drug-likeness (QED) is 0.433. The van der Waals surface area contributed by atoms with E-state index in [1.807, 2.05) is 6.07 Å². The molecule has 3 N–H and O–H groups in total. The molecule has 0 heterocycles. The van der Waals surface area contributed by atoms with Crippen LogP contribution in [0.4, 0.5) is 23.2 Å². The molecular formula is C23H17F4N3O2. The van der Waals surface area contributed by atoms with Gasteiger partial charge in [0.15, 0.2) is 0 Å². The maximum Gasteiger partial charge on any atom is 0.405 e. The molecule has 0 unspecified atom stereocenters. The average Bonchev–Trinajstić information content (AvgIpc) is 2.77. The van der Waals surface area contributed by atoms with Gasteiger partial charge in [-0.1, -0.05) is 24.3 Å². The van der Waals surface area contributed by atoms with Crippen LogP contribution in [0.1, 0.15) is 15.9 Å². The van der Waals surface area contributed by atoms with E-state index in [9.17, 15) is 27.6 Å². The number of carbonyl (C=O) groups excluding carboxylic acids is 1. The predicted molar refractivity (Wildman–Crippen MR) is 111 cm³/mol. The topological polar surface area (TPSA) is 88.1 Å². The molecule has 0 atom stereocenters. The van der Waals surface area contributed by atoms with E-state index in [1.165, 1.54) is 37.4 Å². The van der Waals surface area contributed by atoms with Crippen molar-refractivity contribution in [1.29, 1.82) is 5.26 Å². The van der Waals surface area contributed by atoms with Crippen molar-refractivity contribution in [3.8, 4) is 34.1 Å². The largest absolute Gasteiger partial charge is 0.496 e. The first kappa shape index (κ1) is 22.6. The van der Waals surface area contributed by atoms with Crippen molar-refractivity contribution in [3.05, 3.63) is 71.5 Å². The number of hydrogen-bond donors (Lipinski definition) is 2. The Morgan fingerprint density at radius 2 is 1.75 bits per heavy atom. The maximum atomic E-state index is 14.5. The monoisotopic (exact) mass is 443 g/mol. The summed E-state index contributed by atoms with van der Waals surface area (Å²) in [7, 11) is 1.25. The number of nitrogens with zero attached hydrogens (tertiary/aromatic N) is 1. The highest BCUT2D eigenvalue weighted by atomic mass is 19.4. The third-order valence-electron chi connectivity index (χ3n) is 4.67. The minimum Gasteiger partial charge on any atom is -0.496 e. The molecule has 3 aromatic rings. The summed E-state index contributed by atoms with van der Waals surface area (Å²) in [4.78, 5) is 12.2. The fourth-order valence-electron chi connectivity index (χ4n) is 3.20. The SMILES string of the molecule is COc1cc(-c2c(-c3ccc(N)cc3)ccc(F)c2C#N)ccc1C(=O)NCC(F)(F)F. The lowest BCUT2D eigenvalue weighted by Gasteiger charge is -2.16. The molecule has 0 saturated carbocycles.